The zero-order valence-corrected chi connectivity index (χ0v) is 9.16. The highest BCUT2D eigenvalue weighted by Gasteiger charge is 2.14. The summed E-state index contributed by atoms with van der Waals surface area (Å²) in [5, 5.41) is 2.78. The van der Waals surface area contributed by atoms with Crippen molar-refractivity contribution in [2.45, 2.75) is 19.9 Å². The van der Waals surface area contributed by atoms with Gasteiger partial charge in [-0.25, -0.2) is 0 Å². The Morgan fingerprint density at radius 1 is 1.43 bits per heavy atom. The van der Waals surface area contributed by atoms with E-state index in [0.717, 1.165) is 0 Å². The van der Waals surface area contributed by atoms with Crippen LogP contribution in [0, 0.1) is 0 Å². The lowest BCUT2D eigenvalue weighted by Gasteiger charge is -2.14. The second-order valence-electron chi connectivity index (χ2n) is 3.14. The summed E-state index contributed by atoms with van der Waals surface area (Å²) < 4.78 is 4.77. The van der Waals surface area contributed by atoms with Crippen LogP contribution in [-0.2, 0) is 14.3 Å². The summed E-state index contributed by atoms with van der Waals surface area (Å²) in [5.41, 5.74) is 0. The summed E-state index contributed by atoms with van der Waals surface area (Å²) in [7, 11) is 3.33. The number of nitrogens with one attached hydrogen (secondary N) is 1. The van der Waals surface area contributed by atoms with Crippen molar-refractivity contribution in [2.24, 2.45) is 0 Å². The number of hydrogen-bond acceptors (Lipinski definition) is 4. The average molecular weight is 202 g/mol. The van der Waals surface area contributed by atoms with Crippen molar-refractivity contribution in [1.82, 2.24) is 10.2 Å². The Balaban J connectivity index is 3.78. The van der Waals surface area contributed by atoms with Crippen LogP contribution in [0.2, 0.25) is 0 Å². The molecule has 0 rings (SSSR count). The Hall–Kier alpha value is -1.10. The molecule has 82 valence electrons. The highest BCUT2D eigenvalue weighted by Crippen LogP contribution is 1.87. The standard InChI is InChI=1S/C9H18N2O3/c1-5-14-9(13)7(2)10-6-8(12)11(3)4/h7,10H,5-6H2,1-4H3. The number of carbonyl (C=O) groups is 2. The third-order valence-corrected chi connectivity index (χ3v) is 1.70. The van der Waals surface area contributed by atoms with Crippen molar-refractivity contribution in [2.75, 3.05) is 27.2 Å². The number of esters is 1. The summed E-state index contributed by atoms with van der Waals surface area (Å²) in [4.78, 5) is 23.7. The Bertz CT molecular complexity index is 204. The first-order chi connectivity index (χ1) is 6.49. The van der Waals surface area contributed by atoms with E-state index in [0.29, 0.717) is 6.61 Å². The predicted molar refractivity (Wildman–Crippen MR) is 52.8 cm³/mol. The molecule has 0 aliphatic carbocycles. The van der Waals surface area contributed by atoms with E-state index in [1.54, 1.807) is 27.9 Å². The van der Waals surface area contributed by atoms with Crippen LogP contribution in [0.4, 0.5) is 0 Å². The first kappa shape index (κ1) is 12.9. The van der Waals surface area contributed by atoms with Crippen molar-refractivity contribution in [1.29, 1.82) is 0 Å². The van der Waals surface area contributed by atoms with Crippen molar-refractivity contribution in [3.05, 3.63) is 0 Å². The van der Waals surface area contributed by atoms with Crippen LogP contribution >= 0.6 is 0 Å². The highest BCUT2D eigenvalue weighted by atomic mass is 16.5. The fourth-order valence-corrected chi connectivity index (χ4v) is 0.749. The first-order valence-corrected chi connectivity index (χ1v) is 4.59. The van der Waals surface area contributed by atoms with E-state index in [4.69, 9.17) is 4.74 Å². The van der Waals surface area contributed by atoms with Gasteiger partial charge in [-0.3, -0.25) is 14.9 Å². The van der Waals surface area contributed by atoms with Gasteiger partial charge in [0, 0.05) is 14.1 Å². The predicted octanol–water partition coefficient (Wildman–Crippen LogP) is -0.384. The molecule has 0 aromatic carbocycles. The second kappa shape index (κ2) is 6.37. The maximum atomic E-state index is 11.1. The molecular formula is C9H18N2O3. The number of carbonyl (C=O) groups excluding carboxylic acids is 2. The Labute approximate surface area is 84.4 Å². The van der Waals surface area contributed by atoms with Gasteiger partial charge < -0.3 is 9.64 Å². The molecule has 0 heterocycles. The molecule has 5 nitrogen and oxygen atoms in total. The molecule has 0 saturated carbocycles. The zero-order valence-electron chi connectivity index (χ0n) is 9.16. The lowest BCUT2D eigenvalue weighted by Crippen LogP contribution is -2.41. The normalized spacial score (nSPS) is 12.0. The molecule has 1 amide bonds. The molecule has 0 radical (unpaired) electrons. The molecule has 1 unspecified atom stereocenters. The van der Waals surface area contributed by atoms with Gasteiger partial charge >= 0.3 is 5.97 Å². The molecule has 0 spiro atoms. The smallest absolute Gasteiger partial charge is 0.322 e. The molecule has 0 aliphatic rings. The van der Waals surface area contributed by atoms with Gasteiger partial charge in [0.15, 0.2) is 0 Å². The lowest BCUT2D eigenvalue weighted by atomic mass is 10.3. The van der Waals surface area contributed by atoms with E-state index in [9.17, 15) is 9.59 Å². The highest BCUT2D eigenvalue weighted by molar-refractivity contribution is 5.80. The monoisotopic (exact) mass is 202 g/mol. The number of amides is 1. The summed E-state index contributed by atoms with van der Waals surface area (Å²) in [5.74, 6) is -0.403. The lowest BCUT2D eigenvalue weighted by molar-refractivity contribution is -0.145. The fraction of sp³-hybridized carbons (Fsp3) is 0.778. The van der Waals surface area contributed by atoms with Crippen LogP contribution in [0.15, 0.2) is 0 Å². The van der Waals surface area contributed by atoms with Crippen LogP contribution in [0.25, 0.3) is 0 Å². The van der Waals surface area contributed by atoms with Gasteiger partial charge in [-0.15, -0.1) is 0 Å². The molecule has 0 aromatic rings. The molecule has 14 heavy (non-hydrogen) atoms. The SMILES string of the molecule is CCOC(=O)C(C)NCC(=O)N(C)C. The van der Waals surface area contributed by atoms with Gasteiger partial charge in [0.25, 0.3) is 0 Å². The minimum absolute atomic E-state index is 0.0684. The Kier molecular flexibility index (Phi) is 5.87. The van der Waals surface area contributed by atoms with Gasteiger partial charge in [0.2, 0.25) is 5.91 Å². The summed E-state index contributed by atoms with van der Waals surface area (Å²) in [6.45, 7) is 3.91. The third kappa shape index (κ3) is 4.81. The minimum Gasteiger partial charge on any atom is -0.465 e. The van der Waals surface area contributed by atoms with Crippen LogP contribution in [0.3, 0.4) is 0 Å². The molecule has 0 bridgehead atoms. The van der Waals surface area contributed by atoms with Crippen LogP contribution < -0.4 is 5.32 Å². The first-order valence-electron chi connectivity index (χ1n) is 4.59. The van der Waals surface area contributed by atoms with E-state index in [-0.39, 0.29) is 18.4 Å². The molecular weight excluding hydrogens is 184 g/mol. The van der Waals surface area contributed by atoms with Crippen LogP contribution in [0.5, 0.6) is 0 Å². The second-order valence-corrected chi connectivity index (χ2v) is 3.14. The minimum atomic E-state index is -0.446. The topological polar surface area (TPSA) is 58.6 Å². The average Bonchev–Trinajstić information content (AvgIpc) is 2.13. The molecule has 1 atom stereocenters. The van der Waals surface area contributed by atoms with E-state index < -0.39 is 6.04 Å². The van der Waals surface area contributed by atoms with Gasteiger partial charge in [-0.1, -0.05) is 0 Å². The molecule has 1 N–H and O–H groups in total. The summed E-state index contributed by atoms with van der Waals surface area (Å²) >= 11 is 0. The van der Waals surface area contributed by atoms with Crippen molar-refractivity contribution >= 4 is 11.9 Å². The van der Waals surface area contributed by atoms with Gasteiger partial charge in [-0.05, 0) is 13.8 Å². The van der Waals surface area contributed by atoms with Crippen molar-refractivity contribution in [3.63, 3.8) is 0 Å². The van der Waals surface area contributed by atoms with E-state index >= 15 is 0 Å². The number of hydrogen-bond donors (Lipinski definition) is 1. The number of likely N-dealkylation sites (N-methyl/N-ethyl adjacent to an activating group) is 1. The zero-order chi connectivity index (χ0) is 11.1. The molecule has 0 saturated heterocycles. The third-order valence-electron chi connectivity index (χ3n) is 1.70. The van der Waals surface area contributed by atoms with Crippen LogP contribution in [0.1, 0.15) is 13.8 Å². The van der Waals surface area contributed by atoms with E-state index in [2.05, 4.69) is 5.32 Å². The van der Waals surface area contributed by atoms with E-state index in [1.165, 1.54) is 4.90 Å². The van der Waals surface area contributed by atoms with Crippen molar-refractivity contribution in [3.8, 4) is 0 Å². The van der Waals surface area contributed by atoms with Gasteiger partial charge in [0.1, 0.15) is 6.04 Å². The van der Waals surface area contributed by atoms with Crippen molar-refractivity contribution < 1.29 is 14.3 Å². The molecule has 0 aliphatic heterocycles. The number of ether oxygens (including phenoxy) is 1. The van der Waals surface area contributed by atoms with Gasteiger partial charge in [0.05, 0.1) is 13.2 Å². The molecule has 5 heteroatoms. The quantitative estimate of drug-likeness (QED) is 0.617. The number of nitrogens with zero attached hydrogens (tertiary/aromatic N) is 1. The fourth-order valence-electron chi connectivity index (χ4n) is 0.749. The number of rotatable bonds is 5. The molecule has 0 fully saturated rings. The van der Waals surface area contributed by atoms with Gasteiger partial charge in [-0.2, -0.15) is 0 Å². The largest absolute Gasteiger partial charge is 0.465 e. The summed E-state index contributed by atoms with van der Waals surface area (Å²) in [6, 6.07) is -0.446. The Morgan fingerprint density at radius 3 is 2.43 bits per heavy atom. The molecule has 0 aromatic heterocycles. The Morgan fingerprint density at radius 2 is 2.00 bits per heavy atom. The van der Waals surface area contributed by atoms with E-state index in [1.807, 2.05) is 0 Å². The maximum absolute atomic E-state index is 11.1. The van der Waals surface area contributed by atoms with Crippen LogP contribution in [-0.4, -0.2) is 50.1 Å². The maximum Gasteiger partial charge on any atom is 0.322 e. The summed E-state index contributed by atoms with van der Waals surface area (Å²) in [6.07, 6.45) is 0.